The lowest BCUT2D eigenvalue weighted by atomic mass is 9.87. The number of hydrogen-bond donors (Lipinski definition) is 5. The molecule has 2 aromatic heterocycles. The molecule has 17 heteroatoms. The van der Waals surface area contributed by atoms with Crippen molar-refractivity contribution in [2.45, 2.75) is 127 Å². The number of carbonyl (C=O) groups excluding carboxylic acids is 4. The van der Waals surface area contributed by atoms with Gasteiger partial charge in [-0.3, -0.25) is 9.59 Å². The number of imidazole rings is 2. The van der Waals surface area contributed by atoms with E-state index in [4.69, 9.17) is 28.9 Å². The Morgan fingerprint density at radius 1 is 0.676 bits per heavy atom. The largest absolute Gasteiger partial charge is 0.453 e. The van der Waals surface area contributed by atoms with Gasteiger partial charge < -0.3 is 54.7 Å². The summed E-state index contributed by atoms with van der Waals surface area (Å²) in [4.78, 5) is 71.7. The molecule has 3 aromatic carbocycles. The summed E-state index contributed by atoms with van der Waals surface area (Å²) < 4.78 is 20.5. The highest BCUT2D eigenvalue weighted by Gasteiger charge is 2.40. The Kier molecular flexibility index (Phi) is 17.2. The zero-order valence-electron chi connectivity index (χ0n) is 42.5. The lowest BCUT2D eigenvalue weighted by Gasteiger charge is -2.30. The van der Waals surface area contributed by atoms with Crippen molar-refractivity contribution in [2.24, 2.45) is 0 Å². The maximum absolute atomic E-state index is 13.8. The van der Waals surface area contributed by atoms with E-state index in [1.54, 1.807) is 23.6 Å². The number of alkyl carbamates (subject to hydrolysis) is 2. The van der Waals surface area contributed by atoms with E-state index >= 15 is 0 Å². The number of aryl methyl sites for hydroxylation is 1. The van der Waals surface area contributed by atoms with Crippen LogP contribution in [0.25, 0.3) is 22.5 Å². The van der Waals surface area contributed by atoms with Crippen LogP contribution in [0.5, 0.6) is 0 Å². The van der Waals surface area contributed by atoms with Crippen molar-refractivity contribution < 1.29 is 38.1 Å². The molecule has 0 radical (unpaired) electrons. The molecule has 7 atom stereocenters. The van der Waals surface area contributed by atoms with Gasteiger partial charge >= 0.3 is 12.2 Å². The van der Waals surface area contributed by atoms with Gasteiger partial charge in [0.05, 0.1) is 68.3 Å². The van der Waals surface area contributed by atoms with Gasteiger partial charge in [0.1, 0.15) is 23.7 Å². The molecule has 5 aromatic rings. The Morgan fingerprint density at radius 3 is 1.58 bits per heavy atom. The van der Waals surface area contributed by atoms with Gasteiger partial charge in [0.2, 0.25) is 11.8 Å². The second-order valence-electron chi connectivity index (χ2n) is 19.6. The summed E-state index contributed by atoms with van der Waals surface area (Å²) in [6, 6.07) is 23.5. The number of ether oxygens (including phenoxy) is 4. The van der Waals surface area contributed by atoms with Gasteiger partial charge in [-0.25, -0.2) is 19.6 Å². The highest BCUT2D eigenvalue weighted by Crippen LogP contribution is 2.35. The number of nitrogens with zero attached hydrogens (tertiary/aromatic N) is 4. The van der Waals surface area contributed by atoms with Gasteiger partial charge in [0.25, 0.3) is 0 Å². The minimum atomic E-state index is -0.905. The topological polar surface area (TPSA) is 205 Å². The fourth-order valence-electron chi connectivity index (χ4n) is 9.54. The predicted octanol–water partition coefficient (Wildman–Crippen LogP) is 8.79. The first-order valence-corrected chi connectivity index (χ1v) is 24.6. The van der Waals surface area contributed by atoms with Gasteiger partial charge in [0.15, 0.2) is 0 Å². The Balaban J connectivity index is 1.02. The number of aromatic nitrogens is 4. The van der Waals surface area contributed by atoms with E-state index in [0.29, 0.717) is 24.7 Å². The number of anilines is 1. The van der Waals surface area contributed by atoms with Crippen LogP contribution in [0.15, 0.2) is 85.2 Å². The van der Waals surface area contributed by atoms with Crippen LogP contribution >= 0.6 is 0 Å². The van der Waals surface area contributed by atoms with Gasteiger partial charge in [-0.05, 0) is 104 Å². The summed E-state index contributed by atoms with van der Waals surface area (Å²) in [6.45, 7) is 11.2. The Hall–Kier alpha value is -6.72. The zero-order valence-corrected chi connectivity index (χ0v) is 42.5. The molecule has 2 aliphatic rings. The number of hydrogen-bond acceptors (Lipinski definition) is 11. The third-order valence-electron chi connectivity index (χ3n) is 14.0. The van der Waals surface area contributed by atoms with Gasteiger partial charge in [-0.15, -0.1) is 0 Å². The minimum Gasteiger partial charge on any atom is -0.453 e. The Morgan fingerprint density at radius 2 is 1.14 bits per heavy atom. The lowest BCUT2D eigenvalue weighted by Crippen LogP contribution is -2.54. The smallest absolute Gasteiger partial charge is 0.407 e. The number of likely N-dealkylation sites (tertiary alicyclic amines) is 2. The molecule has 7 rings (SSSR count). The fraction of sp³-hybridized carbons (Fsp3) is 0.481. The second kappa shape index (κ2) is 23.5. The quantitative estimate of drug-likeness (QED) is 0.0529. The molecule has 380 valence electrons. The van der Waals surface area contributed by atoms with Crippen molar-refractivity contribution in [1.29, 1.82) is 0 Å². The van der Waals surface area contributed by atoms with Crippen LogP contribution in [0, 0.1) is 0 Å². The fourth-order valence-corrected chi connectivity index (χ4v) is 9.54. The molecule has 71 heavy (non-hydrogen) atoms. The van der Waals surface area contributed by atoms with Crippen LogP contribution < -0.4 is 16.0 Å². The van der Waals surface area contributed by atoms with E-state index in [-0.39, 0.29) is 35.4 Å². The molecule has 5 N–H and O–H groups in total. The average Bonchev–Trinajstić information content (AvgIpc) is 4.24. The molecule has 0 spiro atoms. The number of carbonyl (C=O) groups is 4. The molecule has 2 fully saturated rings. The normalized spacial score (nSPS) is 18.0. The number of amides is 4. The molecular weight excluding hydrogens is 903 g/mol. The van der Waals surface area contributed by atoms with E-state index in [1.165, 1.54) is 39.6 Å². The molecule has 7 unspecified atom stereocenters. The summed E-state index contributed by atoms with van der Waals surface area (Å²) in [6.07, 6.45) is 6.94. The molecule has 2 aliphatic heterocycles. The third kappa shape index (κ3) is 12.6. The monoisotopic (exact) mass is 974 g/mol. The van der Waals surface area contributed by atoms with Crippen molar-refractivity contribution in [2.75, 3.05) is 46.8 Å². The molecule has 17 nitrogen and oxygen atoms in total. The SMILES string of the molecule is COC(=O)NC(C(=O)N1CCCC1c1ncc(-c2ccc(CCCC(Nc3ccc(C(C)(C)C)cc3)c3ccc(-c4cnc(C5CCCN5C(=O)C(NC(=O)OC)C(C)OC)[nH]4)cc3)cc2)[nH]1)C(C)OC. The molecule has 0 bridgehead atoms. The van der Waals surface area contributed by atoms with E-state index in [2.05, 4.69) is 119 Å². The predicted molar refractivity (Wildman–Crippen MR) is 271 cm³/mol. The summed E-state index contributed by atoms with van der Waals surface area (Å²) in [7, 11) is 5.55. The number of methoxy groups -OCH3 is 4. The van der Waals surface area contributed by atoms with Crippen LogP contribution in [-0.2, 0) is 40.4 Å². The zero-order chi connectivity index (χ0) is 50.8. The molecule has 2 saturated heterocycles. The van der Waals surface area contributed by atoms with Gasteiger partial charge in [-0.1, -0.05) is 81.4 Å². The first kappa shape index (κ1) is 52.1. The second-order valence-corrected chi connectivity index (χ2v) is 19.6. The van der Waals surface area contributed by atoms with E-state index in [9.17, 15) is 19.2 Å². The first-order chi connectivity index (χ1) is 34.1. The van der Waals surface area contributed by atoms with Crippen molar-refractivity contribution >= 4 is 29.7 Å². The number of benzene rings is 3. The number of rotatable bonds is 19. The minimum absolute atomic E-state index is 0.0370. The lowest BCUT2D eigenvalue weighted by molar-refractivity contribution is -0.138. The highest BCUT2D eigenvalue weighted by molar-refractivity contribution is 5.87. The molecular formula is C54H71N9O8. The van der Waals surface area contributed by atoms with E-state index in [0.717, 1.165) is 78.7 Å². The average molecular weight is 974 g/mol. The van der Waals surface area contributed by atoms with Gasteiger partial charge in [-0.2, -0.15) is 0 Å². The maximum atomic E-state index is 13.8. The van der Waals surface area contributed by atoms with Crippen molar-refractivity contribution in [3.05, 3.63) is 114 Å². The van der Waals surface area contributed by atoms with E-state index in [1.807, 2.05) is 12.4 Å². The van der Waals surface area contributed by atoms with E-state index < -0.39 is 36.5 Å². The summed E-state index contributed by atoms with van der Waals surface area (Å²) in [5, 5.41) is 9.13. The van der Waals surface area contributed by atoms with Crippen LogP contribution in [0.1, 0.15) is 120 Å². The Bertz CT molecular complexity index is 2550. The third-order valence-corrected chi connectivity index (χ3v) is 14.0. The molecule has 4 amide bonds. The van der Waals surface area contributed by atoms with Crippen LogP contribution in [0.4, 0.5) is 15.3 Å². The molecule has 0 saturated carbocycles. The summed E-state index contributed by atoms with van der Waals surface area (Å²) >= 11 is 0. The number of nitrogens with one attached hydrogen (secondary N) is 5. The van der Waals surface area contributed by atoms with Gasteiger partial charge in [0, 0.05) is 33.0 Å². The standard InChI is InChI=1S/C54H71N9O8/c1-33(68-6)46(60-52(66)70-8)50(64)62-29-11-15-44(62)48-55-31-42(58-48)37-19-17-35(18-20-37)13-10-14-41(57-40-27-25-39(26-28-40)54(3,4)5)36-21-23-38(24-22-36)43-32-56-49(59-43)45-16-12-30-63(45)51(65)47(34(2)69-7)61-53(67)71-9/h17-28,31-34,41,44-47,57H,10-16,29-30H2,1-9H3,(H,55,58)(H,56,59)(H,60,66)(H,61,67). The summed E-state index contributed by atoms with van der Waals surface area (Å²) in [5.74, 6) is 0.912. The molecule has 0 aliphatic carbocycles. The van der Waals surface area contributed by atoms with Crippen LogP contribution in [0.2, 0.25) is 0 Å². The Labute approximate surface area is 417 Å². The van der Waals surface area contributed by atoms with Crippen molar-refractivity contribution in [3.63, 3.8) is 0 Å². The molecule has 4 heterocycles. The maximum Gasteiger partial charge on any atom is 0.407 e. The van der Waals surface area contributed by atoms with Crippen molar-refractivity contribution in [1.82, 2.24) is 40.4 Å². The summed E-state index contributed by atoms with van der Waals surface area (Å²) in [5.41, 5.74) is 8.45. The van der Waals surface area contributed by atoms with Crippen LogP contribution in [-0.4, -0.2) is 120 Å². The number of H-pyrrole nitrogens is 2. The number of aromatic amines is 2. The first-order valence-electron chi connectivity index (χ1n) is 24.6. The van der Waals surface area contributed by atoms with Crippen molar-refractivity contribution in [3.8, 4) is 22.5 Å². The van der Waals surface area contributed by atoms with Crippen LogP contribution in [0.3, 0.4) is 0 Å². The highest BCUT2D eigenvalue weighted by atomic mass is 16.5.